The van der Waals surface area contributed by atoms with Crippen LogP contribution in [0.15, 0.2) is 22.7 Å². The fraction of sp³-hybridized carbons (Fsp3) is 0.385. The van der Waals surface area contributed by atoms with Crippen molar-refractivity contribution in [2.45, 2.75) is 25.9 Å². The molecule has 4 nitrogen and oxygen atoms in total. The summed E-state index contributed by atoms with van der Waals surface area (Å²) < 4.78 is 0.885. The Morgan fingerprint density at radius 3 is 2.84 bits per heavy atom. The Bertz CT molecular complexity index is 521. The normalized spacial score (nSPS) is 19.5. The summed E-state index contributed by atoms with van der Waals surface area (Å²) in [4.78, 5) is 25.3. The minimum absolute atomic E-state index is 0.0590. The molecule has 1 aromatic carbocycles. The van der Waals surface area contributed by atoms with E-state index in [4.69, 9.17) is 11.6 Å². The zero-order valence-electron chi connectivity index (χ0n) is 10.5. The maximum atomic E-state index is 12.0. The number of carbonyl (C=O) groups excluding carboxylic acids is 2. The molecule has 102 valence electrons. The summed E-state index contributed by atoms with van der Waals surface area (Å²) in [7, 11) is 0. The Morgan fingerprint density at radius 1 is 1.47 bits per heavy atom. The molecule has 0 aliphatic carbocycles. The molecule has 1 N–H and O–H groups in total. The lowest BCUT2D eigenvalue weighted by Crippen LogP contribution is -2.57. The van der Waals surface area contributed by atoms with Gasteiger partial charge in [-0.25, -0.2) is 0 Å². The van der Waals surface area contributed by atoms with E-state index >= 15 is 0 Å². The van der Waals surface area contributed by atoms with Crippen molar-refractivity contribution in [1.29, 1.82) is 0 Å². The second kappa shape index (κ2) is 5.92. The standard InChI is InChI=1S/C13H14BrClN2O2/c1-2-11-13(19)16-6-12(18)17(11)7-8-3-4-9(14)5-10(8)15/h3-5,11H,2,6-7H2,1H3,(H,16,19). The maximum Gasteiger partial charge on any atom is 0.243 e. The van der Waals surface area contributed by atoms with E-state index in [9.17, 15) is 9.59 Å². The van der Waals surface area contributed by atoms with Crippen molar-refractivity contribution < 1.29 is 9.59 Å². The minimum Gasteiger partial charge on any atom is -0.345 e. The number of carbonyl (C=O) groups is 2. The molecule has 0 radical (unpaired) electrons. The summed E-state index contributed by atoms with van der Waals surface area (Å²) in [5, 5.41) is 3.19. The van der Waals surface area contributed by atoms with Gasteiger partial charge >= 0.3 is 0 Å². The van der Waals surface area contributed by atoms with E-state index in [0.717, 1.165) is 10.0 Å². The molecule has 19 heavy (non-hydrogen) atoms. The predicted octanol–water partition coefficient (Wildman–Crippen LogP) is 2.34. The first-order chi connectivity index (χ1) is 9.02. The summed E-state index contributed by atoms with van der Waals surface area (Å²) >= 11 is 9.49. The van der Waals surface area contributed by atoms with Crippen molar-refractivity contribution in [3.63, 3.8) is 0 Å². The van der Waals surface area contributed by atoms with Gasteiger partial charge in [0.15, 0.2) is 0 Å². The van der Waals surface area contributed by atoms with Crippen LogP contribution >= 0.6 is 27.5 Å². The van der Waals surface area contributed by atoms with E-state index in [-0.39, 0.29) is 18.4 Å². The van der Waals surface area contributed by atoms with Crippen molar-refractivity contribution in [1.82, 2.24) is 10.2 Å². The molecule has 1 atom stereocenters. The van der Waals surface area contributed by atoms with Crippen molar-refractivity contribution >= 4 is 39.3 Å². The fourth-order valence-corrected chi connectivity index (χ4v) is 2.87. The highest BCUT2D eigenvalue weighted by atomic mass is 79.9. The van der Waals surface area contributed by atoms with Gasteiger partial charge in [0.25, 0.3) is 0 Å². The summed E-state index contributed by atoms with van der Waals surface area (Å²) in [5.74, 6) is -0.180. The number of hydrogen-bond acceptors (Lipinski definition) is 2. The van der Waals surface area contributed by atoms with Gasteiger partial charge < -0.3 is 10.2 Å². The van der Waals surface area contributed by atoms with Crippen LogP contribution in [0, 0.1) is 0 Å². The van der Waals surface area contributed by atoms with E-state index in [1.165, 1.54) is 0 Å². The molecule has 1 aliphatic heterocycles. The van der Waals surface area contributed by atoms with Gasteiger partial charge in [-0.2, -0.15) is 0 Å². The largest absolute Gasteiger partial charge is 0.345 e. The van der Waals surface area contributed by atoms with E-state index in [2.05, 4.69) is 21.2 Å². The van der Waals surface area contributed by atoms with Crippen molar-refractivity contribution in [3.05, 3.63) is 33.3 Å². The van der Waals surface area contributed by atoms with Crippen molar-refractivity contribution in [3.8, 4) is 0 Å². The molecule has 1 unspecified atom stereocenters. The summed E-state index contributed by atoms with van der Waals surface area (Å²) in [5.41, 5.74) is 0.839. The lowest BCUT2D eigenvalue weighted by Gasteiger charge is -2.34. The number of hydrogen-bond donors (Lipinski definition) is 1. The van der Waals surface area contributed by atoms with E-state index in [1.807, 2.05) is 19.1 Å². The molecular weight excluding hydrogens is 332 g/mol. The lowest BCUT2D eigenvalue weighted by atomic mass is 10.1. The summed E-state index contributed by atoms with van der Waals surface area (Å²) in [6.45, 7) is 2.30. The quantitative estimate of drug-likeness (QED) is 0.914. The van der Waals surface area contributed by atoms with Gasteiger partial charge in [0.2, 0.25) is 11.8 Å². The maximum absolute atomic E-state index is 12.0. The minimum atomic E-state index is -0.416. The third kappa shape index (κ3) is 3.09. The van der Waals surface area contributed by atoms with Gasteiger partial charge in [-0.1, -0.05) is 40.5 Å². The molecule has 1 fully saturated rings. The van der Waals surface area contributed by atoms with Gasteiger partial charge in [0, 0.05) is 16.0 Å². The van der Waals surface area contributed by atoms with E-state index < -0.39 is 6.04 Å². The number of nitrogens with zero attached hydrogens (tertiary/aromatic N) is 1. The second-order valence-corrected chi connectivity index (χ2v) is 5.72. The van der Waals surface area contributed by atoms with Crippen LogP contribution in [0.5, 0.6) is 0 Å². The van der Waals surface area contributed by atoms with Crippen LogP contribution in [0.1, 0.15) is 18.9 Å². The number of piperazine rings is 1. The summed E-state index contributed by atoms with van der Waals surface area (Å²) in [6.07, 6.45) is 0.589. The van der Waals surface area contributed by atoms with E-state index in [0.29, 0.717) is 18.0 Å². The molecule has 6 heteroatoms. The van der Waals surface area contributed by atoms with E-state index in [1.54, 1.807) is 11.0 Å². The average Bonchev–Trinajstić information content (AvgIpc) is 2.37. The van der Waals surface area contributed by atoms with Crippen LogP contribution in [0.25, 0.3) is 0 Å². The molecule has 1 heterocycles. The Balaban J connectivity index is 2.23. The topological polar surface area (TPSA) is 49.4 Å². The molecular formula is C13H14BrClN2O2. The molecule has 1 saturated heterocycles. The Hall–Kier alpha value is -1.07. The highest BCUT2D eigenvalue weighted by molar-refractivity contribution is 9.10. The first-order valence-corrected chi connectivity index (χ1v) is 7.21. The smallest absolute Gasteiger partial charge is 0.243 e. The SMILES string of the molecule is CCC1C(=O)NCC(=O)N1Cc1ccc(Br)cc1Cl. The third-order valence-corrected chi connectivity index (χ3v) is 4.00. The Labute approximate surface area is 125 Å². The number of benzene rings is 1. The molecule has 0 spiro atoms. The molecule has 0 aromatic heterocycles. The van der Waals surface area contributed by atoms with Crippen LogP contribution in [0.2, 0.25) is 5.02 Å². The third-order valence-electron chi connectivity index (χ3n) is 3.16. The number of nitrogens with one attached hydrogen (secondary N) is 1. The summed E-state index contributed by atoms with van der Waals surface area (Å²) in [6, 6.07) is 5.10. The van der Waals surface area contributed by atoms with Gasteiger partial charge in [-0.15, -0.1) is 0 Å². The van der Waals surface area contributed by atoms with Gasteiger partial charge in [0.1, 0.15) is 6.04 Å². The Kier molecular flexibility index (Phi) is 4.47. The first-order valence-electron chi connectivity index (χ1n) is 6.04. The van der Waals surface area contributed by atoms with Crippen LogP contribution in [0.4, 0.5) is 0 Å². The second-order valence-electron chi connectivity index (χ2n) is 4.40. The lowest BCUT2D eigenvalue weighted by molar-refractivity contribution is -0.146. The van der Waals surface area contributed by atoms with Crippen LogP contribution in [-0.2, 0) is 16.1 Å². The zero-order chi connectivity index (χ0) is 14.0. The van der Waals surface area contributed by atoms with Gasteiger partial charge in [-0.05, 0) is 24.1 Å². The van der Waals surface area contributed by atoms with Gasteiger partial charge in [-0.3, -0.25) is 9.59 Å². The average molecular weight is 346 g/mol. The predicted molar refractivity (Wildman–Crippen MR) is 76.8 cm³/mol. The molecule has 2 rings (SSSR count). The Morgan fingerprint density at radius 2 is 2.21 bits per heavy atom. The number of rotatable bonds is 3. The van der Waals surface area contributed by atoms with Crippen LogP contribution < -0.4 is 5.32 Å². The van der Waals surface area contributed by atoms with Crippen molar-refractivity contribution in [2.75, 3.05) is 6.54 Å². The highest BCUT2D eigenvalue weighted by Crippen LogP contribution is 2.24. The zero-order valence-corrected chi connectivity index (χ0v) is 12.8. The molecule has 1 aromatic rings. The monoisotopic (exact) mass is 344 g/mol. The first kappa shape index (κ1) is 14.3. The van der Waals surface area contributed by atoms with Crippen LogP contribution in [0.3, 0.4) is 0 Å². The molecule has 1 aliphatic rings. The molecule has 2 amide bonds. The van der Waals surface area contributed by atoms with Gasteiger partial charge in [0.05, 0.1) is 6.54 Å². The molecule has 0 saturated carbocycles. The molecule has 0 bridgehead atoms. The number of amides is 2. The fourth-order valence-electron chi connectivity index (χ4n) is 2.14. The van der Waals surface area contributed by atoms with Crippen LogP contribution in [-0.4, -0.2) is 29.3 Å². The number of halogens is 2. The van der Waals surface area contributed by atoms with Crippen molar-refractivity contribution in [2.24, 2.45) is 0 Å². The highest BCUT2D eigenvalue weighted by Gasteiger charge is 2.33.